The summed E-state index contributed by atoms with van der Waals surface area (Å²) in [5, 5.41) is 12.6. The summed E-state index contributed by atoms with van der Waals surface area (Å²) in [5.41, 5.74) is 12.4. The van der Waals surface area contributed by atoms with Crippen LogP contribution in [0.4, 0.5) is 5.69 Å². The summed E-state index contributed by atoms with van der Waals surface area (Å²) >= 11 is 0. The number of nitrogens with zero attached hydrogens (tertiary/aromatic N) is 2. The molecule has 2 heterocycles. The third-order valence-electron chi connectivity index (χ3n) is 6.51. The molecule has 3 atom stereocenters. The molecule has 0 bridgehead atoms. The molecule has 0 aliphatic carbocycles. The van der Waals surface area contributed by atoms with Gasteiger partial charge in [-0.05, 0) is 62.0 Å². The van der Waals surface area contributed by atoms with Gasteiger partial charge in [0.15, 0.2) is 5.96 Å². The average Bonchev–Trinajstić information content (AvgIpc) is 2.80. The second-order valence-electron chi connectivity index (χ2n) is 9.41. The number of aliphatic imine (C=N–C) groups is 1. The maximum Gasteiger partial charge on any atom is 0.243 e. The molecule has 34 heavy (non-hydrogen) atoms. The van der Waals surface area contributed by atoms with Crippen LogP contribution in [0.25, 0.3) is 0 Å². The Morgan fingerprint density at radius 3 is 2.91 bits per heavy atom. The summed E-state index contributed by atoms with van der Waals surface area (Å²) in [6, 6.07) is 4.32. The van der Waals surface area contributed by atoms with Crippen molar-refractivity contribution in [1.82, 2.24) is 9.62 Å². The van der Waals surface area contributed by atoms with Gasteiger partial charge in [0.1, 0.15) is 10.9 Å². The lowest BCUT2D eigenvalue weighted by Crippen LogP contribution is -2.51. The van der Waals surface area contributed by atoms with E-state index < -0.39 is 16.1 Å². The summed E-state index contributed by atoms with van der Waals surface area (Å²) < 4.78 is 29.6. The summed E-state index contributed by atoms with van der Waals surface area (Å²) in [6.45, 7) is 4.29. The predicted octanol–water partition coefficient (Wildman–Crippen LogP) is 0.612. The Balaban J connectivity index is 1.81. The molecule has 1 amide bonds. The van der Waals surface area contributed by atoms with Gasteiger partial charge in [0.2, 0.25) is 15.9 Å². The number of sulfonamides is 1. The largest absolute Gasteiger partial charge is 0.396 e. The first kappa shape index (κ1) is 26.2. The minimum Gasteiger partial charge on any atom is -0.396 e. The van der Waals surface area contributed by atoms with Gasteiger partial charge in [-0.1, -0.05) is 19.1 Å². The number of anilines is 1. The van der Waals surface area contributed by atoms with Gasteiger partial charge >= 0.3 is 0 Å². The van der Waals surface area contributed by atoms with Gasteiger partial charge in [-0.3, -0.25) is 9.79 Å². The van der Waals surface area contributed by atoms with E-state index in [0.717, 1.165) is 24.8 Å². The first-order chi connectivity index (χ1) is 16.2. The van der Waals surface area contributed by atoms with E-state index in [-0.39, 0.29) is 35.7 Å². The van der Waals surface area contributed by atoms with Crippen LogP contribution in [0.15, 0.2) is 28.1 Å². The van der Waals surface area contributed by atoms with Crippen LogP contribution in [0.3, 0.4) is 0 Å². The molecule has 0 radical (unpaired) electrons. The second-order valence-corrected chi connectivity index (χ2v) is 11.1. The van der Waals surface area contributed by atoms with Crippen LogP contribution in [-0.4, -0.2) is 69.1 Å². The molecule has 10 nitrogen and oxygen atoms in total. The van der Waals surface area contributed by atoms with Crippen molar-refractivity contribution in [3.63, 3.8) is 0 Å². The fourth-order valence-electron chi connectivity index (χ4n) is 4.79. The van der Waals surface area contributed by atoms with Crippen molar-refractivity contribution in [3.05, 3.63) is 23.8 Å². The third kappa shape index (κ3) is 6.83. The number of nitrogens with two attached hydrogens (primary N) is 2. The molecule has 2 aliphatic rings. The quantitative estimate of drug-likeness (QED) is 0.181. The lowest BCUT2D eigenvalue weighted by Gasteiger charge is -2.35. The molecule has 1 aromatic rings. The van der Waals surface area contributed by atoms with Gasteiger partial charge in [0.05, 0.1) is 5.69 Å². The number of amides is 1. The van der Waals surface area contributed by atoms with E-state index >= 15 is 0 Å². The highest BCUT2D eigenvalue weighted by molar-refractivity contribution is 7.89. The Morgan fingerprint density at radius 1 is 1.38 bits per heavy atom. The fraction of sp³-hybridized carbons (Fsp3) is 0.652. The molecule has 11 heteroatoms. The number of rotatable bonds is 10. The van der Waals surface area contributed by atoms with Crippen molar-refractivity contribution in [2.75, 3.05) is 38.1 Å². The molecule has 0 aromatic heterocycles. The first-order valence-electron chi connectivity index (χ1n) is 12.0. The number of carbonyl (C=O) groups is 1. The van der Waals surface area contributed by atoms with E-state index in [4.69, 9.17) is 11.5 Å². The average molecular weight is 495 g/mol. The number of carbonyl (C=O) groups excluding carboxylic acids is 1. The Bertz CT molecular complexity index is 978. The van der Waals surface area contributed by atoms with Crippen molar-refractivity contribution in [1.29, 1.82) is 0 Å². The lowest BCUT2D eigenvalue weighted by atomic mass is 9.94. The number of benzene rings is 1. The van der Waals surface area contributed by atoms with Crippen LogP contribution >= 0.6 is 0 Å². The zero-order valence-electron chi connectivity index (χ0n) is 19.9. The van der Waals surface area contributed by atoms with Crippen molar-refractivity contribution < 1.29 is 18.3 Å². The van der Waals surface area contributed by atoms with Crippen LogP contribution < -0.4 is 21.5 Å². The minimum atomic E-state index is -3.96. The van der Waals surface area contributed by atoms with Crippen LogP contribution in [0.5, 0.6) is 0 Å². The second kappa shape index (κ2) is 11.9. The Labute approximate surface area is 202 Å². The highest BCUT2D eigenvalue weighted by Crippen LogP contribution is 2.31. The molecule has 1 fully saturated rings. The fourth-order valence-corrected chi connectivity index (χ4v) is 6.24. The number of hydrogen-bond donors (Lipinski definition) is 5. The molecule has 1 unspecified atom stereocenters. The van der Waals surface area contributed by atoms with Gasteiger partial charge in [-0.15, -0.1) is 0 Å². The molecule has 3 rings (SSSR count). The first-order valence-corrected chi connectivity index (χ1v) is 13.5. The van der Waals surface area contributed by atoms with Crippen molar-refractivity contribution in [2.24, 2.45) is 28.3 Å². The summed E-state index contributed by atoms with van der Waals surface area (Å²) in [6.07, 6.45) is 3.93. The number of para-hydroxylation sites is 1. The monoisotopic (exact) mass is 494 g/mol. The minimum absolute atomic E-state index is 0.0393. The molecule has 0 saturated carbocycles. The lowest BCUT2D eigenvalue weighted by molar-refractivity contribution is -0.135. The van der Waals surface area contributed by atoms with Crippen molar-refractivity contribution in [3.8, 4) is 0 Å². The number of aliphatic hydroxyl groups is 1. The van der Waals surface area contributed by atoms with E-state index in [1.54, 1.807) is 17.0 Å². The molecular weight excluding hydrogens is 456 g/mol. The van der Waals surface area contributed by atoms with Gasteiger partial charge in [-0.25, -0.2) is 8.42 Å². The smallest absolute Gasteiger partial charge is 0.243 e. The Morgan fingerprint density at radius 2 is 2.18 bits per heavy atom. The van der Waals surface area contributed by atoms with E-state index in [0.29, 0.717) is 50.6 Å². The highest BCUT2D eigenvalue weighted by atomic mass is 32.2. The molecule has 2 aliphatic heterocycles. The summed E-state index contributed by atoms with van der Waals surface area (Å²) in [7, 11) is -3.96. The van der Waals surface area contributed by atoms with E-state index in [1.165, 1.54) is 0 Å². The topological polar surface area (TPSA) is 163 Å². The van der Waals surface area contributed by atoms with E-state index in [1.807, 2.05) is 6.07 Å². The van der Waals surface area contributed by atoms with Crippen molar-refractivity contribution in [2.45, 2.75) is 56.4 Å². The van der Waals surface area contributed by atoms with Crippen molar-refractivity contribution >= 4 is 27.6 Å². The maximum absolute atomic E-state index is 13.5. The zero-order chi connectivity index (χ0) is 24.7. The van der Waals surface area contributed by atoms with E-state index in [2.05, 4.69) is 22.0 Å². The summed E-state index contributed by atoms with van der Waals surface area (Å²) in [4.78, 5) is 19.3. The predicted molar refractivity (Wildman–Crippen MR) is 133 cm³/mol. The maximum atomic E-state index is 13.5. The number of nitrogens with one attached hydrogen (secondary N) is 2. The number of hydrogen-bond acceptors (Lipinski definition) is 6. The SMILES string of the molecule is CC1CNc2c(cccc2S(=O)(=O)N[C@@H](CCCN=C(N)N)C(=O)N2CCC[C@H](CCO)C2)C1. The number of fused-ring (bicyclic) bond motifs is 1. The number of likely N-dealkylation sites (tertiary alicyclic amines) is 1. The number of aliphatic hydroxyl groups excluding tert-OH is 1. The molecule has 1 saturated heterocycles. The third-order valence-corrected chi connectivity index (χ3v) is 8.02. The van der Waals surface area contributed by atoms with Gasteiger partial charge in [0.25, 0.3) is 0 Å². The van der Waals surface area contributed by atoms with Crippen LogP contribution in [0.2, 0.25) is 0 Å². The number of piperidine rings is 1. The van der Waals surface area contributed by atoms with E-state index in [9.17, 15) is 18.3 Å². The Kier molecular flexibility index (Phi) is 9.15. The number of guanidine groups is 1. The van der Waals surface area contributed by atoms with Crippen LogP contribution in [0, 0.1) is 11.8 Å². The molecule has 190 valence electrons. The van der Waals surface area contributed by atoms with Crippen LogP contribution in [0.1, 0.15) is 44.6 Å². The van der Waals surface area contributed by atoms with Gasteiger partial charge in [-0.2, -0.15) is 4.72 Å². The van der Waals surface area contributed by atoms with Gasteiger partial charge < -0.3 is 26.8 Å². The molecular formula is C23H38N6O4S. The summed E-state index contributed by atoms with van der Waals surface area (Å²) in [5.74, 6) is 0.341. The standard InChI is InChI=1S/C23H38N6O4S/c1-16-13-18-6-2-8-20(21(18)27-14-16)34(32,33)28-19(7-3-10-26-23(24)25)22(31)29-11-4-5-17(15-29)9-12-30/h2,6,8,16-17,19,27-28,30H,3-5,7,9-15H2,1H3,(H4,24,25,26)/t16?,17-,19+/m1/s1. The Hall–Kier alpha value is -2.37. The van der Waals surface area contributed by atoms with Crippen LogP contribution in [-0.2, 0) is 21.2 Å². The molecule has 1 aromatic carbocycles. The highest BCUT2D eigenvalue weighted by Gasteiger charge is 2.33. The molecule has 7 N–H and O–H groups in total. The normalized spacial score (nSPS) is 21.3. The van der Waals surface area contributed by atoms with Gasteiger partial charge in [0, 0.05) is 32.8 Å². The zero-order valence-corrected chi connectivity index (χ0v) is 20.7. The molecule has 0 spiro atoms.